The van der Waals surface area contributed by atoms with Crippen LogP contribution in [0.5, 0.6) is 0 Å². The summed E-state index contributed by atoms with van der Waals surface area (Å²) in [5.74, 6) is 0. The van der Waals surface area contributed by atoms with Crippen LogP contribution in [0.4, 0.5) is 0 Å². The second-order valence-corrected chi connectivity index (χ2v) is 3.81. The molecule has 0 saturated carbocycles. The van der Waals surface area contributed by atoms with Crippen LogP contribution in [-0.4, -0.2) is 25.7 Å². The van der Waals surface area contributed by atoms with Crippen LogP contribution in [0.15, 0.2) is 4.99 Å². The van der Waals surface area contributed by atoms with Crippen molar-refractivity contribution in [1.29, 1.82) is 0 Å². The van der Waals surface area contributed by atoms with Crippen molar-refractivity contribution in [2.75, 3.05) is 0 Å². The molecule has 0 spiro atoms. The van der Waals surface area contributed by atoms with Gasteiger partial charge < -0.3 is 0 Å². The molecule has 7 heavy (non-hydrogen) atoms. The van der Waals surface area contributed by atoms with E-state index >= 15 is 0 Å². The summed E-state index contributed by atoms with van der Waals surface area (Å²) in [6.45, 7) is 2.10. The maximum atomic E-state index is 5.40. The predicted molar refractivity (Wildman–Crippen MR) is 31.6 cm³/mol. The van der Waals surface area contributed by atoms with E-state index in [4.69, 9.17) is 5.73 Å². The summed E-state index contributed by atoms with van der Waals surface area (Å²) in [6.07, 6.45) is 0. The molecule has 1 aliphatic heterocycles. The molecule has 2 nitrogen and oxygen atoms in total. The van der Waals surface area contributed by atoms with E-state index < -0.39 is 0 Å². The molecule has 1 heterocycles. The quantitative estimate of drug-likeness (QED) is 0.494. The zero-order valence-corrected chi connectivity index (χ0v) is 5.93. The SMILES string of the molecule is C[C@H]1C[Se]C(N)=N1. The molecule has 3 heteroatoms. The van der Waals surface area contributed by atoms with Crippen molar-refractivity contribution in [3.8, 4) is 0 Å². The molecule has 1 rings (SSSR count). The molecule has 0 aromatic carbocycles. The summed E-state index contributed by atoms with van der Waals surface area (Å²) in [4.78, 5) is 4.11. The molecule has 0 amide bonds. The van der Waals surface area contributed by atoms with E-state index in [1.807, 2.05) is 0 Å². The topological polar surface area (TPSA) is 38.4 Å². The third kappa shape index (κ3) is 1.18. The molecule has 0 bridgehead atoms. The Morgan fingerprint density at radius 1 is 2.00 bits per heavy atom. The van der Waals surface area contributed by atoms with E-state index in [0.29, 0.717) is 21.0 Å². The number of nitrogens with two attached hydrogens (primary N) is 1. The minimum atomic E-state index is 0.514. The molecule has 2 N–H and O–H groups in total. The molecule has 1 aliphatic rings. The van der Waals surface area contributed by atoms with Gasteiger partial charge in [-0.3, -0.25) is 0 Å². The van der Waals surface area contributed by atoms with Gasteiger partial charge in [-0.1, -0.05) is 0 Å². The van der Waals surface area contributed by atoms with Crippen molar-refractivity contribution < 1.29 is 0 Å². The van der Waals surface area contributed by atoms with Crippen LogP contribution in [0, 0.1) is 0 Å². The average molecular weight is 163 g/mol. The van der Waals surface area contributed by atoms with Crippen molar-refractivity contribution in [3.63, 3.8) is 0 Å². The molecule has 0 aliphatic carbocycles. The Morgan fingerprint density at radius 2 is 2.71 bits per heavy atom. The van der Waals surface area contributed by atoms with E-state index in [1.54, 1.807) is 0 Å². The fourth-order valence-corrected chi connectivity index (χ4v) is 2.05. The number of hydrogen-bond donors (Lipinski definition) is 1. The van der Waals surface area contributed by atoms with Gasteiger partial charge in [0.25, 0.3) is 0 Å². The number of rotatable bonds is 0. The second kappa shape index (κ2) is 1.85. The van der Waals surface area contributed by atoms with Gasteiger partial charge in [0.1, 0.15) is 0 Å². The predicted octanol–water partition coefficient (Wildman–Crippen LogP) is -0.174. The molecule has 1 atom stereocenters. The fourth-order valence-electron chi connectivity index (χ4n) is 0.498. The standard InChI is InChI=1S/C4H8N2Se/c1-3-2-7-4(5)6-3/h3H,2H2,1H3,(H2,5,6)/t3-/m0/s1. The average Bonchev–Trinajstić information content (AvgIpc) is 1.87. The molecular weight excluding hydrogens is 155 g/mol. The van der Waals surface area contributed by atoms with Gasteiger partial charge in [-0.25, -0.2) is 0 Å². The van der Waals surface area contributed by atoms with Crippen molar-refractivity contribution in [2.24, 2.45) is 10.7 Å². The van der Waals surface area contributed by atoms with Crippen molar-refractivity contribution in [2.45, 2.75) is 18.3 Å². The van der Waals surface area contributed by atoms with Gasteiger partial charge in [-0.05, 0) is 0 Å². The Morgan fingerprint density at radius 3 is 2.86 bits per heavy atom. The van der Waals surface area contributed by atoms with Crippen LogP contribution in [0.3, 0.4) is 0 Å². The Labute approximate surface area is 49.3 Å². The second-order valence-electron chi connectivity index (χ2n) is 1.63. The molecule has 40 valence electrons. The summed E-state index contributed by atoms with van der Waals surface area (Å²) in [7, 11) is 0. The number of amidine groups is 1. The Balaban J connectivity index is 2.50. The fraction of sp³-hybridized carbons (Fsp3) is 0.750. The van der Waals surface area contributed by atoms with E-state index in [9.17, 15) is 0 Å². The van der Waals surface area contributed by atoms with Crippen molar-refractivity contribution >= 4 is 19.7 Å². The van der Waals surface area contributed by atoms with Gasteiger partial charge in [-0.2, -0.15) is 0 Å². The minimum absolute atomic E-state index is 0.514. The van der Waals surface area contributed by atoms with Crippen LogP contribution >= 0.6 is 0 Å². The first-order chi connectivity index (χ1) is 3.29. The van der Waals surface area contributed by atoms with Crippen LogP contribution in [0.25, 0.3) is 0 Å². The van der Waals surface area contributed by atoms with Gasteiger partial charge >= 0.3 is 48.7 Å². The summed E-state index contributed by atoms with van der Waals surface area (Å²) in [6, 6.07) is 0.514. The van der Waals surface area contributed by atoms with Gasteiger partial charge in [0, 0.05) is 0 Å². The third-order valence-electron chi connectivity index (χ3n) is 0.820. The van der Waals surface area contributed by atoms with Crippen LogP contribution < -0.4 is 5.73 Å². The number of nitrogens with zero attached hydrogens (tertiary/aromatic N) is 1. The first-order valence-electron chi connectivity index (χ1n) is 2.25. The summed E-state index contributed by atoms with van der Waals surface area (Å²) >= 11 is 0.527. The number of hydrogen-bond acceptors (Lipinski definition) is 2. The molecule has 0 saturated heterocycles. The van der Waals surface area contributed by atoms with E-state index in [1.165, 1.54) is 5.32 Å². The molecule has 0 aromatic heterocycles. The number of aliphatic imine (C=N–C) groups is 1. The third-order valence-corrected chi connectivity index (χ3v) is 3.02. The van der Waals surface area contributed by atoms with E-state index in [-0.39, 0.29) is 0 Å². The Hall–Kier alpha value is -0.0105. The zero-order valence-electron chi connectivity index (χ0n) is 4.22. The monoisotopic (exact) mass is 164 g/mol. The van der Waals surface area contributed by atoms with Gasteiger partial charge in [0.05, 0.1) is 0 Å². The van der Waals surface area contributed by atoms with E-state index in [2.05, 4.69) is 11.9 Å². The van der Waals surface area contributed by atoms with Crippen molar-refractivity contribution in [1.82, 2.24) is 0 Å². The van der Waals surface area contributed by atoms with Crippen LogP contribution in [0.1, 0.15) is 6.92 Å². The van der Waals surface area contributed by atoms with E-state index in [0.717, 1.165) is 4.73 Å². The molecule has 0 unspecified atom stereocenters. The van der Waals surface area contributed by atoms with Crippen LogP contribution in [-0.2, 0) is 0 Å². The molecule has 0 aromatic rings. The van der Waals surface area contributed by atoms with Gasteiger partial charge in [0.2, 0.25) is 0 Å². The summed E-state index contributed by atoms with van der Waals surface area (Å²) in [5.41, 5.74) is 5.40. The van der Waals surface area contributed by atoms with Gasteiger partial charge in [-0.15, -0.1) is 0 Å². The Bertz CT molecular complexity index is 99.9. The Kier molecular flexibility index (Phi) is 1.35. The zero-order chi connectivity index (χ0) is 5.28. The van der Waals surface area contributed by atoms with Crippen molar-refractivity contribution in [3.05, 3.63) is 0 Å². The molecular formula is C4H8N2Se. The summed E-state index contributed by atoms with van der Waals surface area (Å²) < 4.78 is 0.889. The maximum absolute atomic E-state index is 5.40. The molecule has 0 fully saturated rings. The first kappa shape index (κ1) is 5.13. The first-order valence-corrected chi connectivity index (χ1v) is 4.32. The molecule has 0 radical (unpaired) electrons. The summed E-state index contributed by atoms with van der Waals surface area (Å²) in [5, 5.41) is 1.21. The normalized spacial score (nSPS) is 30.4. The van der Waals surface area contributed by atoms with Gasteiger partial charge in [0.15, 0.2) is 0 Å². The van der Waals surface area contributed by atoms with Crippen LogP contribution in [0.2, 0.25) is 5.32 Å².